The molecule has 4 rings (SSSR count). The van der Waals surface area contributed by atoms with Crippen molar-refractivity contribution in [1.82, 2.24) is 19.5 Å². The number of fused-ring (bicyclic) bond motifs is 3. The molecule has 4 aromatic rings. The molecule has 0 fully saturated rings. The molecule has 0 unspecified atom stereocenters. The number of furan rings is 1. The van der Waals surface area contributed by atoms with E-state index < -0.39 is 0 Å². The zero-order chi connectivity index (χ0) is 19.0. The minimum Gasteiger partial charge on any atom is -0.463 e. The predicted molar refractivity (Wildman–Crippen MR) is 96.8 cm³/mol. The van der Waals surface area contributed by atoms with Crippen LogP contribution in [0.5, 0.6) is 0 Å². The number of hydrogen-bond donors (Lipinski definition) is 1. The van der Waals surface area contributed by atoms with Crippen LogP contribution in [0.15, 0.2) is 51.9 Å². The largest absolute Gasteiger partial charge is 0.463 e. The maximum Gasteiger partial charge on any atom is 0.291 e. The van der Waals surface area contributed by atoms with Gasteiger partial charge < -0.3 is 9.73 Å². The fourth-order valence-electron chi connectivity index (χ4n) is 3.05. The molecule has 3 aromatic heterocycles. The van der Waals surface area contributed by atoms with Crippen LogP contribution in [0.4, 0.5) is 4.39 Å². The van der Waals surface area contributed by atoms with Crippen molar-refractivity contribution in [2.75, 3.05) is 0 Å². The Kier molecular flexibility index (Phi) is 4.23. The maximum absolute atomic E-state index is 12.9. The van der Waals surface area contributed by atoms with Crippen molar-refractivity contribution in [2.45, 2.75) is 26.4 Å². The lowest BCUT2D eigenvalue weighted by Crippen LogP contribution is -2.35. The summed E-state index contributed by atoms with van der Waals surface area (Å²) in [6, 6.07) is 9.29. The average molecular weight is 368 g/mol. The lowest BCUT2D eigenvalue weighted by molar-refractivity contribution is -0.122. The van der Waals surface area contributed by atoms with Gasteiger partial charge in [0.15, 0.2) is 5.58 Å². The number of nitrogens with zero attached hydrogens (tertiary/aromatic N) is 3. The molecule has 0 saturated heterocycles. The highest BCUT2D eigenvalue weighted by Gasteiger charge is 2.16. The highest BCUT2D eigenvalue weighted by atomic mass is 19.1. The first-order valence-electron chi connectivity index (χ1n) is 8.56. The van der Waals surface area contributed by atoms with Crippen LogP contribution < -0.4 is 10.9 Å². The third-order valence-electron chi connectivity index (χ3n) is 4.38. The Balaban J connectivity index is 1.59. The van der Waals surface area contributed by atoms with E-state index in [1.807, 2.05) is 6.92 Å². The fourth-order valence-corrected chi connectivity index (χ4v) is 3.05. The first kappa shape index (κ1) is 17.0. The molecule has 1 N–H and O–H groups in total. The van der Waals surface area contributed by atoms with Gasteiger partial charge in [-0.1, -0.05) is 19.1 Å². The quantitative estimate of drug-likeness (QED) is 0.586. The van der Waals surface area contributed by atoms with Gasteiger partial charge in [0.2, 0.25) is 5.91 Å². The number of aromatic nitrogens is 3. The molecule has 7 nitrogen and oxygen atoms in total. The molecule has 0 aliphatic rings. The Hall–Kier alpha value is -3.42. The lowest BCUT2D eigenvalue weighted by Gasteiger charge is -2.10. The van der Waals surface area contributed by atoms with Gasteiger partial charge in [-0.3, -0.25) is 14.0 Å². The zero-order valence-electron chi connectivity index (χ0n) is 14.6. The van der Waals surface area contributed by atoms with Gasteiger partial charge in [0.25, 0.3) is 5.56 Å². The van der Waals surface area contributed by atoms with E-state index >= 15 is 0 Å². The lowest BCUT2D eigenvalue weighted by atomic mass is 10.2. The standard InChI is InChI=1S/C19H17FN4O3/c1-2-17-22-23(11-18(25)21-10-12-3-5-13(20)6-4-12)19(26)15-9-16-14(24(15)17)7-8-27-16/h3-9H,2,10-11H2,1H3,(H,21,25). The maximum atomic E-state index is 12.9. The molecule has 0 spiro atoms. The molecule has 3 heterocycles. The first-order valence-corrected chi connectivity index (χ1v) is 8.56. The number of hydrogen-bond acceptors (Lipinski definition) is 4. The molecule has 138 valence electrons. The number of carbonyl (C=O) groups excluding carboxylic acids is 1. The van der Waals surface area contributed by atoms with E-state index in [-0.39, 0.29) is 30.4 Å². The summed E-state index contributed by atoms with van der Waals surface area (Å²) in [7, 11) is 0. The van der Waals surface area contributed by atoms with E-state index in [1.54, 1.807) is 34.9 Å². The van der Waals surface area contributed by atoms with Crippen molar-refractivity contribution in [3.05, 3.63) is 70.2 Å². The van der Waals surface area contributed by atoms with Crippen LogP contribution in [0.3, 0.4) is 0 Å². The topological polar surface area (TPSA) is 81.5 Å². The van der Waals surface area contributed by atoms with Crippen molar-refractivity contribution in [3.8, 4) is 0 Å². The Morgan fingerprint density at radius 1 is 1.22 bits per heavy atom. The summed E-state index contributed by atoms with van der Waals surface area (Å²) in [6.07, 6.45) is 2.15. The molecule has 1 aromatic carbocycles. The van der Waals surface area contributed by atoms with Gasteiger partial charge in [0.1, 0.15) is 23.7 Å². The molecule has 0 bridgehead atoms. The first-order chi connectivity index (χ1) is 13.1. The second-order valence-electron chi connectivity index (χ2n) is 6.17. The zero-order valence-corrected chi connectivity index (χ0v) is 14.6. The van der Waals surface area contributed by atoms with Gasteiger partial charge in [-0.15, -0.1) is 0 Å². The van der Waals surface area contributed by atoms with Crippen molar-refractivity contribution in [2.24, 2.45) is 0 Å². The molecule has 0 aliphatic heterocycles. The van der Waals surface area contributed by atoms with Gasteiger partial charge in [-0.05, 0) is 17.7 Å². The Morgan fingerprint density at radius 2 is 2.00 bits per heavy atom. The molecule has 0 aliphatic carbocycles. The van der Waals surface area contributed by atoms with Crippen LogP contribution in [0.2, 0.25) is 0 Å². The highest BCUT2D eigenvalue weighted by molar-refractivity contribution is 5.82. The average Bonchev–Trinajstić information content (AvgIpc) is 3.25. The van der Waals surface area contributed by atoms with Crippen LogP contribution >= 0.6 is 0 Å². The van der Waals surface area contributed by atoms with Gasteiger partial charge in [0.05, 0.1) is 11.8 Å². The molecule has 27 heavy (non-hydrogen) atoms. The minimum absolute atomic E-state index is 0.198. The van der Waals surface area contributed by atoms with Crippen LogP contribution in [0.25, 0.3) is 16.6 Å². The Labute approximate surface area is 153 Å². The van der Waals surface area contributed by atoms with Crippen LogP contribution in [-0.2, 0) is 24.3 Å². The SMILES string of the molecule is CCc1nn(CC(=O)NCc2ccc(F)cc2)c(=O)c2cc3occc3n12. The predicted octanol–water partition coefficient (Wildman–Crippen LogP) is 2.26. The van der Waals surface area contributed by atoms with E-state index in [0.29, 0.717) is 23.3 Å². The summed E-state index contributed by atoms with van der Waals surface area (Å²) in [5.74, 6) is -0.0259. The van der Waals surface area contributed by atoms with E-state index in [4.69, 9.17) is 4.42 Å². The summed E-state index contributed by atoms with van der Waals surface area (Å²) in [5.41, 5.74) is 2.20. The van der Waals surface area contributed by atoms with E-state index in [9.17, 15) is 14.0 Å². The van der Waals surface area contributed by atoms with E-state index in [2.05, 4.69) is 10.4 Å². The number of rotatable bonds is 5. The van der Waals surface area contributed by atoms with Crippen LogP contribution in [-0.4, -0.2) is 20.1 Å². The summed E-state index contributed by atoms with van der Waals surface area (Å²) < 4.78 is 21.2. The Bertz CT molecular complexity index is 1190. The minimum atomic E-state index is -0.365. The molecule has 0 saturated carbocycles. The number of carbonyl (C=O) groups is 1. The second-order valence-corrected chi connectivity index (χ2v) is 6.17. The van der Waals surface area contributed by atoms with Crippen molar-refractivity contribution in [1.29, 1.82) is 0 Å². The molecule has 0 radical (unpaired) electrons. The van der Waals surface area contributed by atoms with Crippen molar-refractivity contribution >= 4 is 22.5 Å². The van der Waals surface area contributed by atoms with Crippen molar-refractivity contribution < 1.29 is 13.6 Å². The monoisotopic (exact) mass is 368 g/mol. The van der Waals surface area contributed by atoms with Gasteiger partial charge >= 0.3 is 0 Å². The number of halogens is 1. The van der Waals surface area contributed by atoms with Crippen LogP contribution in [0, 0.1) is 5.82 Å². The summed E-state index contributed by atoms with van der Waals surface area (Å²) in [6.45, 7) is 1.97. The van der Waals surface area contributed by atoms with Gasteiger partial charge in [-0.2, -0.15) is 5.10 Å². The molecule has 0 atom stereocenters. The third-order valence-corrected chi connectivity index (χ3v) is 4.38. The Morgan fingerprint density at radius 3 is 2.74 bits per heavy atom. The second kappa shape index (κ2) is 6.71. The molecular weight excluding hydrogens is 351 g/mol. The smallest absolute Gasteiger partial charge is 0.291 e. The normalized spacial score (nSPS) is 11.3. The number of nitrogens with one attached hydrogen (secondary N) is 1. The molecular formula is C19H17FN4O3. The van der Waals surface area contributed by atoms with Crippen molar-refractivity contribution in [3.63, 3.8) is 0 Å². The van der Waals surface area contributed by atoms with Gasteiger partial charge in [0, 0.05) is 25.1 Å². The fraction of sp³-hybridized carbons (Fsp3) is 0.211. The molecule has 8 heteroatoms. The van der Waals surface area contributed by atoms with E-state index in [1.165, 1.54) is 12.1 Å². The highest BCUT2D eigenvalue weighted by Crippen LogP contribution is 2.20. The van der Waals surface area contributed by atoms with Gasteiger partial charge in [-0.25, -0.2) is 9.07 Å². The molecule has 1 amide bonds. The summed E-state index contributed by atoms with van der Waals surface area (Å²) in [5, 5.41) is 7.06. The third kappa shape index (κ3) is 3.10. The number of aryl methyl sites for hydroxylation is 1. The van der Waals surface area contributed by atoms with E-state index in [0.717, 1.165) is 15.8 Å². The summed E-state index contributed by atoms with van der Waals surface area (Å²) >= 11 is 0. The number of benzene rings is 1. The summed E-state index contributed by atoms with van der Waals surface area (Å²) in [4.78, 5) is 25.0. The van der Waals surface area contributed by atoms with Crippen LogP contribution in [0.1, 0.15) is 18.3 Å². The number of amides is 1.